The molecule has 4 aromatic rings. The van der Waals surface area contributed by atoms with Crippen LogP contribution in [-0.4, -0.2) is 85.1 Å². The van der Waals surface area contributed by atoms with Crippen molar-refractivity contribution < 1.29 is 80.3 Å². The number of carboxylic acid groups (broad SMARTS) is 1. The number of imide groups is 1. The highest BCUT2D eigenvalue weighted by Gasteiger charge is 2.32. The Balaban J connectivity index is 0.000000327. The Morgan fingerprint density at radius 2 is 1.02 bits per heavy atom. The molecule has 1 aliphatic rings. The van der Waals surface area contributed by atoms with Gasteiger partial charge in [-0.25, -0.2) is 4.79 Å². The molecule has 0 saturated carbocycles. The topological polar surface area (TPSA) is 312 Å². The molecule has 296 valence electrons. The van der Waals surface area contributed by atoms with Crippen LogP contribution in [0.25, 0.3) is 21.5 Å². The van der Waals surface area contributed by atoms with Crippen LogP contribution in [0.4, 0.5) is 0 Å². The summed E-state index contributed by atoms with van der Waals surface area (Å²) >= 11 is 0. The fourth-order valence-electron chi connectivity index (χ4n) is 5.05. The minimum atomic E-state index is -4.31. The Hall–Kier alpha value is -5.46. The zero-order valence-electron chi connectivity index (χ0n) is 28.1. The van der Waals surface area contributed by atoms with Crippen molar-refractivity contribution in [2.75, 3.05) is 0 Å². The van der Waals surface area contributed by atoms with Gasteiger partial charge in [0.2, 0.25) is 0 Å². The molecule has 3 N–H and O–H groups in total. The van der Waals surface area contributed by atoms with Crippen molar-refractivity contribution in [3.8, 4) is 0 Å². The summed E-state index contributed by atoms with van der Waals surface area (Å²) in [5, 5.41) is 11.3. The van der Waals surface area contributed by atoms with Gasteiger partial charge in [-0.1, -0.05) is 60.7 Å². The van der Waals surface area contributed by atoms with Crippen molar-refractivity contribution in [2.45, 2.75) is 61.2 Å². The lowest BCUT2D eigenvalue weighted by Gasteiger charge is -2.12. The average Bonchev–Trinajstić information content (AvgIpc) is 3.38. The molecule has 0 radical (unpaired) electrons. The number of aryl methyl sites for hydroxylation is 2. The number of amides is 2. The number of benzene rings is 4. The third-order valence-electron chi connectivity index (χ3n) is 7.27. The summed E-state index contributed by atoms with van der Waals surface area (Å²) in [6, 6.07) is 19.6. The zero-order chi connectivity index (χ0) is 41.5. The monoisotopic (exact) mass is 845 g/mol. The van der Waals surface area contributed by atoms with Gasteiger partial charge in [-0.05, 0) is 59.7 Å². The summed E-state index contributed by atoms with van der Waals surface area (Å²) in [5.74, 6) is -2.53. The lowest BCUT2D eigenvalue weighted by molar-refractivity contribution is -0.197. The molecule has 0 spiro atoms. The Bertz CT molecular complexity index is 2480. The molecule has 2 amide bonds. The third-order valence-corrected chi connectivity index (χ3v) is 9.09. The van der Waals surface area contributed by atoms with Crippen LogP contribution in [0.2, 0.25) is 0 Å². The fraction of sp³-hybridized carbons (Fsp3) is 0.250. The number of carbonyl (C=O) groups excluding carboxylic acids is 3. The van der Waals surface area contributed by atoms with Gasteiger partial charge < -0.3 is 9.94 Å². The van der Waals surface area contributed by atoms with Crippen LogP contribution in [0, 0.1) is 0 Å². The Labute approximate surface area is 316 Å². The predicted octanol–water partition coefficient (Wildman–Crippen LogP) is 2.50. The van der Waals surface area contributed by atoms with Crippen molar-refractivity contribution in [1.82, 2.24) is 5.06 Å². The lowest BCUT2D eigenvalue weighted by Crippen LogP contribution is -2.31. The molecule has 19 nitrogen and oxygen atoms in total. The Morgan fingerprint density at radius 1 is 0.636 bits per heavy atom. The van der Waals surface area contributed by atoms with Crippen molar-refractivity contribution >= 4 is 86.8 Å². The van der Waals surface area contributed by atoms with E-state index in [9.17, 15) is 40.6 Å². The van der Waals surface area contributed by atoms with E-state index in [2.05, 4.69) is 0 Å². The van der Waals surface area contributed by atoms with E-state index < -0.39 is 65.2 Å². The number of hydrogen-bond donors (Lipinski definition) is 3. The molecule has 1 heterocycles. The number of rotatable bonds is 11. The van der Waals surface area contributed by atoms with Crippen molar-refractivity contribution in [2.24, 2.45) is 0 Å². The second-order valence-electron chi connectivity index (χ2n) is 11.1. The molecule has 55 heavy (non-hydrogen) atoms. The minimum absolute atomic E-state index is 0.0279. The maximum atomic E-state index is 11.8. The van der Waals surface area contributed by atoms with Gasteiger partial charge in [-0.3, -0.25) is 23.5 Å². The van der Waals surface area contributed by atoms with E-state index in [0.29, 0.717) is 52.3 Å². The van der Waals surface area contributed by atoms with Crippen LogP contribution >= 0.6 is 0 Å². The van der Waals surface area contributed by atoms with Crippen LogP contribution in [0.1, 0.15) is 49.7 Å². The van der Waals surface area contributed by atoms with Gasteiger partial charge in [0, 0.05) is 36.5 Å². The highest BCUT2D eigenvalue weighted by Crippen LogP contribution is 2.26. The molecule has 0 aliphatic carbocycles. The first-order chi connectivity index (χ1) is 25.6. The number of hydrogen-bond acceptors (Lipinski definition) is 15. The Kier molecular flexibility index (Phi) is 17.3. The molecule has 1 saturated heterocycles. The highest BCUT2D eigenvalue weighted by atomic mass is 32.2. The highest BCUT2D eigenvalue weighted by molar-refractivity contribution is 7.86. The zero-order valence-corrected chi connectivity index (χ0v) is 31.4. The van der Waals surface area contributed by atoms with Crippen LogP contribution in [0.15, 0.2) is 82.6 Å². The first-order valence-electron chi connectivity index (χ1n) is 15.4. The van der Waals surface area contributed by atoms with Gasteiger partial charge in [0.05, 0.1) is 0 Å². The second-order valence-corrected chi connectivity index (χ2v) is 14.7. The number of fused-ring (bicyclic) bond motifs is 2. The van der Waals surface area contributed by atoms with Crippen LogP contribution in [0.5, 0.6) is 0 Å². The molecule has 23 heteroatoms. The maximum absolute atomic E-state index is 11.8. The number of carbonyl (C=O) groups is 4. The number of aliphatic carboxylic acids is 1. The van der Waals surface area contributed by atoms with Gasteiger partial charge in [0.25, 0.3) is 32.1 Å². The number of hydroxylamine groups is 2. The van der Waals surface area contributed by atoms with E-state index in [1.54, 1.807) is 48.5 Å². The lowest BCUT2D eigenvalue weighted by atomic mass is 10.0. The summed E-state index contributed by atoms with van der Waals surface area (Å²) in [6.45, 7) is 0. The summed E-state index contributed by atoms with van der Waals surface area (Å²) < 4.78 is 114. The molecular weight excluding hydrogens is 815 g/mol. The summed E-state index contributed by atoms with van der Waals surface area (Å²) in [4.78, 5) is 49.6. The average molecular weight is 846 g/mol. The number of nitrogens with zero attached hydrogens (tertiary/aromatic N) is 1. The second kappa shape index (κ2) is 20.8. The van der Waals surface area contributed by atoms with Crippen LogP contribution < -0.4 is 0 Å². The van der Waals surface area contributed by atoms with Crippen molar-refractivity contribution in [1.29, 1.82) is 0 Å². The number of carboxylic acids is 1. The maximum Gasteiger partial charge on any atom is 0.425 e. The Morgan fingerprint density at radius 3 is 1.38 bits per heavy atom. The molecule has 0 aromatic heterocycles. The third kappa shape index (κ3) is 15.8. The molecule has 0 unspecified atom stereocenters. The van der Waals surface area contributed by atoms with Gasteiger partial charge in [0.1, 0.15) is 9.79 Å². The fourth-order valence-corrected chi connectivity index (χ4v) is 6.48. The van der Waals surface area contributed by atoms with E-state index in [-0.39, 0.29) is 35.5 Å². The van der Waals surface area contributed by atoms with Crippen molar-refractivity contribution in [3.05, 3.63) is 83.9 Å². The summed E-state index contributed by atoms with van der Waals surface area (Å²) in [7, 11) is -14.8. The van der Waals surface area contributed by atoms with E-state index >= 15 is 0 Å². The van der Waals surface area contributed by atoms with E-state index in [1.165, 1.54) is 18.2 Å². The quantitative estimate of drug-likeness (QED) is 0.144. The minimum Gasteiger partial charge on any atom is -0.481 e. The van der Waals surface area contributed by atoms with E-state index in [0.717, 1.165) is 11.1 Å². The van der Waals surface area contributed by atoms with Crippen LogP contribution in [0.3, 0.4) is 0 Å². The van der Waals surface area contributed by atoms with Gasteiger partial charge in [-0.15, -0.1) is 30.3 Å². The normalized spacial score (nSPS) is 12.4. The van der Waals surface area contributed by atoms with Gasteiger partial charge in [0.15, 0.2) is 0 Å². The van der Waals surface area contributed by atoms with Gasteiger partial charge >= 0.3 is 33.2 Å². The first kappa shape index (κ1) is 45.7. The van der Waals surface area contributed by atoms with E-state index in [4.69, 9.17) is 39.8 Å². The molecule has 5 rings (SSSR count). The van der Waals surface area contributed by atoms with Crippen molar-refractivity contribution in [3.63, 3.8) is 0 Å². The largest absolute Gasteiger partial charge is 0.481 e. The molecule has 0 bridgehead atoms. The van der Waals surface area contributed by atoms with E-state index in [1.807, 2.05) is 6.07 Å². The standard InChI is InChI=1S/C18H17NO7S.C14H14O5S.2O3S/c20-16-9-10-17(21)19(16)26-18(22)6-1-3-12-7-8-14-13(11-12)4-2-5-15(14)27(23,24)25;15-14(16)6-1-3-10-7-8-12-11(9-10)4-2-5-13(12)20(17,18)19;2*1-4(2)3/h2,4-5,7-8,11H,1,3,6,9-10H2,(H,23,24,25);2,4-5,7-9H,1,3,6H2,(H,15,16)(H,17,18,19);;. The van der Waals surface area contributed by atoms with Gasteiger partial charge in [-0.2, -0.15) is 16.8 Å². The molecule has 4 aromatic carbocycles. The SMILES string of the molecule is O=C(CCCc1ccc2c(S(=O)(=O)O)cccc2c1)ON1C(=O)CCC1=O.O=C(O)CCCc1ccc2c(S(=O)(=O)O)cccc2c1.O=S(=O)=O.O=S(=O)=O. The van der Waals surface area contributed by atoms with Crippen LogP contribution in [-0.2, 0) is 78.3 Å². The predicted molar refractivity (Wildman–Crippen MR) is 188 cm³/mol. The molecular formula is C32H31NO18S4. The first-order valence-corrected chi connectivity index (χ1v) is 20.3. The summed E-state index contributed by atoms with van der Waals surface area (Å²) in [6.07, 6.45) is 2.31. The smallest absolute Gasteiger partial charge is 0.425 e. The summed E-state index contributed by atoms with van der Waals surface area (Å²) in [5.41, 5.74) is 1.81. The molecule has 1 aliphatic heterocycles. The molecule has 0 atom stereocenters. The molecule has 1 fully saturated rings.